The van der Waals surface area contributed by atoms with Crippen LogP contribution in [0, 0.1) is 0 Å². The fraction of sp³-hybridized carbons (Fsp3) is 0. The number of hydrogen-bond donors (Lipinski definition) is 0. The first-order valence-electron chi connectivity index (χ1n) is 18.4. The van der Waals surface area contributed by atoms with E-state index < -0.39 is 0 Å². The van der Waals surface area contributed by atoms with Crippen LogP contribution in [0.3, 0.4) is 0 Å². The van der Waals surface area contributed by atoms with Gasteiger partial charge in [-0.3, -0.25) is 0 Å². The van der Waals surface area contributed by atoms with Crippen LogP contribution >= 0.6 is 0 Å². The van der Waals surface area contributed by atoms with Crippen LogP contribution in [0.15, 0.2) is 205 Å². The molecule has 0 bridgehead atoms. The Bertz CT molecular complexity index is 2920. The topological polar surface area (TPSA) is 51.8 Å². The molecule has 55 heavy (non-hydrogen) atoms. The average Bonchev–Trinajstić information content (AvgIpc) is 3.65. The minimum Gasteiger partial charge on any atom is -0.456 e. The SMILES string of the molecule is c1ccc(-c2ccc(-c3ccc(-c4ccc5c(c4)oc4ccc(-c6nc(-c7ccccc7)nc(-c7ccc(-c8ccccc8)cc7)n6)cc45)cc3)cc2)cc1. The van der Waals surface area contributed by atoms with E-state index in [1.807, 2.05) is 54.6 Å². The second-order valence-electron chi connectivity index (χ2n) is 13.7. The molecule has 0 aliphatic heterocycles. The van der Waals surface area contributed by atoms with Gasteiger partial charge in [-0.1, -0.05) is 170 Å². The molecule has 10 aromatic rings. The van der Waals surface area contributed by atoms with Gasteiger partial charge in [0.15, 0.2) is 17.5 Å². The van der Waals surface area contributed by atoms with E-state index in [1.165, 1.54) is 27.8 Å². The smallest absolute Gasteiger partial charge is 0.164 e. The van der Waals surface area contributed by atoms with Gasteiger partial charge in [-0.05, 0) is 74.8 Å². The molecule has 4 nitrogen and oxygen atoms in total. The largest absolute Gasteiger partial charge is 0.456 e. The molecule has 0 aliphatic carbocycles. The second-order valence-corrected chi connectivity index (χ2v) is 13.7. The Kier molecular flexibility index (Phi) is 8.12. The van der Waals surface area contributed by atoms with E-state index in [4.69, 9.17) is 19.4 Å². The highest BCUT2D eigenvalue weighted by Crippen LogP contribution is 2.36. The van der Waals surface area contributed by atoms with E-state index in [0.29, 0.717) is 17.5 Å². The Labute approximate surface area is 319 Å². The molecule has 0 atom stereocenters. The van der Waals surface area contributed by atoms with Gasteiger partial charge >= 0.3 is 0 Å². The van der Waals surface area contributed by atoms with Crippen molar-refractivity contribution in [2.24, 2.45) is 0 Å². The first kappa shape index (κ1) is 32.2. The molecule has 0 aliphatic rings. The van der Waals surface area contributed by atoms with Crippen molar-refractivity contribution in [2.75, 3.05) is 0 Å². The molecule has 2 heterocycles. The molecular weight excluding hydrogens is 671 g/mol. The molecule has 0 fully saturated rings. The quantitative estimate of drug-likeness (QED) is 0.166. The first-order valence-corrected chi connectivity index (χ1v) is 18.4. The Balaban J connectivity index is 0.966. The fourth-order valence-corrected chi connectivity index (χ4v) is 7.23. The van der Waals surface area contributed by atoms with Crippen molar-refractivity contribution in [3.8, 4) is 78.7 Å². The zero-order chi connectivity index (χ0) is 36.6. The summed E-state index contributed by atoms with van der Waals surface area (Å²) < 4.78 is 6.43. The van der Waals surface area contributed by atoms with Crippen molar-refractivity contribution in [3.05, 3.63) is 200 Å². The fourth-order valence-electron chi connectivity index (χ4n) is 7.23. The molecule has 0 radical (unpaired) electrons. The number of furan rings is 1. The van der Waals surface area contributed by atoms with E-state index >= 15 is 0 Å². The number of aromatic nitrogens is 3. The lowest BCUT2D eigenvalue weighted by Crippen LogP contribution is -2.00. The third kappa shape index (κ3) is 6.36. The Hall–Kier alpha value is -7.43. The summed E-state index contributed by atoms with van der Waals surface area (Å²) >= 11 is 0. The van der Waals surface area contributed by atoms with E-state index in [0.717, 1.165) is 55.3 Å². The van der Waals surface area contributed by atoms with Crippen LogP contribution in [-0.4, -0.2) is 15.0 Å². The molecule has 2 aromatic heterocycles. The molecule has 10 rings (SSSR count). The number of fused-ring (bicyclic) bond motifs is 3. The van der Waals surface area contributed by atoms with Crippen molar-refractivity contribution < 1.29 is 4.42 Å². The summed E-state index contributed by atoms with van der Waals surface area (Å²) in [5, 5.41) is 2.06. The van der Waals surface area contributed by atoms with Gasteiger partial charge in [-0.2, -0.15) is 0 Å². The molecule has 0 unspecified atom stereocenters. The zero-order valence-corrected chi connectivity index (χ0v) is 29.8. The van der Waals surface area contributed by atoms with Gasteiger partial charge in [0.25, 0.3) is 0 Å². The van der Waals surface area contributed by atoms with E-state index in [1.54, 1.807) is 0 Å². The first-order chi connectivity index (χ1) is 27.2. The molecule has 258 valence electrons. The van der Waals surface area contributed by atoms with Gasteiger partial charge in [0.05, 0.1) is 0 Å². The predicted molar refractivity (Wildman–Crippen MR) is 225 cm³/mol. The lowest BCUT2D eigenvalue weighted by molar-refractivity contribution is 0.669. The molecule has 8 aromatic carbocycles. The Morgan fingerprint density at radius 3 is 1.07 bits per heavy atom. The number of nitrogens with zero attached hydrogens (tertiary/aromatic N) is 3. The second kappa shape index (κ2) is 13.8. The number of benzene rings is 8. The van der Waals surface area contributed by atoms with Crippen molar-refractivity contribution in [1.82, 2.24) is 15.0 Å². The molecular formula is C51H33N3O. The Morgan fingerprint density at radius 2 is 0.582 bits per heavy atom. The average molecular weight is 704 g/mol. The normalized spacial score (nSPS) is 11.3. The summed E-state index contributed by atoms with van der Waals surface area (Å²) in [6.07, 6.45) is 0. The molecule has 0 saturated heterocycles. The third-order valence-corrected chi connectivity index (χ3v) is 10.2. The lowest BCUT2D eigenvalue weighted by atomic mass is 9.97. The highest BCUT2D eigenvalue weighted by Gasteiger charge is 2.15. The minimum absolute atomic E-state index is 0.610. The van der Waals surface area contributed by atoms with Crippen molar-refractivity contribution in [3.63, 3.8) is 0 Å². The summed E-state index contributed by atoms with van der Waals surface area (Å²) in [6, 6.07) is 69.4. The van der Waals surface area contributed by atoms with E-state index in [2.05, 4.69) is 146 Å². The van der Waals surface area contributed by atoms with E-state index in [9.17, 15) is 0 Å². The van der Waals surface area contributed by atoms with Gasteiger partial charge in [-0.25, -0.2) is 15.0 Å². The monoisotopic (exact) mass is 703 g/mol. The Morgan fingerprint density at radius 1 is 0.236 bits per heavy atom. The van der Waals surface area contributed by atoms with Crippen LogP contribution in [0.25, 0.3) is 101 Å². The maximum absolute atomic E-state index is 6.43. The maximum atomic E-state index is 6.43. The van der Waals surface area contributed by atoms with Gasteiger partial charge in [0, 0.05) is 27.5 Å². The molecule has 0 amide bonds. The van der Waals surface area contributed by atoms with Crippen LogP contribution in [0.2, 0.25) is 0 Å². The summed E-state index contributed by atoms with van der Waals surface area (Å²) in [7, 11) is 0. The van der Waals surface area contributed by atoms with E-state index in [-0.39, 0.29) is 0 Å². The lowest BCUT2D eigenvalue weighted by Gasteiger charge is -2.09. The van der Waals surface area contributed by atoms with Crippen molar-refractivity contribution in [1.29, 1.82) is 0 Å². The molecule has 0 saturated carbocycles. The van der Waals surface area contributed by atoms with Crippen molar-refractivity contribution >= 4 is 21.9 Å². The maximum Gasteiger partial charge on any atom is 0.164 e. The van der Waals surface area contributed by atoms with Crippen LogP contribution < -0.4 is 0 Å². The zero-order valence-electron chi connectivity index (χ0n) is 29.8. The standard InChI is InChI=1S/C51H33N3O/c1-4-10-34(11-5-1)36-16-18-38(19-17-36)39-20-22-40(23-21-39)43-28-30-45-46-32-44(29-31-47(46)55-48(45)33-43)51-53-49(41-14-8-3-9-15-41)52-50(54-51)42-26-24-37(25-27-42)35-12-6-2-7-13-35/h1-33H. The highest BCUT2D eigenvalue weighted by atomic mass is 16.3. The van der Waals surface area contributed by atoms with Crippen LogP contribution in [0.4, 0.5) is 0 Å². The summed E-state index contributed by atoms with van der Waals surface area (Å²) in [5.74, 6) is 1.86. The minimum atomic E-state index is 0.610. The molecule has 0 spiro atoms. The van der Waals surface area contributed by atoms with Gasteiger partial charge in [-0.15, -0.1) is 0 Å². The summed E-state index contributed by atoms with van der Waals surface area (Å²) in [4.78, 5) is 14.9. The molecule has 0 N–H and O–H groups in total. The highest BCUT2D eigenvalue weighted by molar-refractivity contribution is 6.07. The van der Waals surface area contributed by atoms with Gasteiger partial charge in [0.2, 0.25) is 0 Å². The number of hydrogen-bond acceptors (Lipinski definition) is 4. The van der Waals surface area contributed by atoms with Crippen LogP contribution in [0.5, 0.6) is 0 Å². The summed E-state index contributed by atoms with van der Waals surface area (Å²) in [5.41, 5.74) is 13.8. The predicted octanol–water partition coefficient (Wildman–Crippen LogP) is 13.4. The van der Waals surface area contributed by atoms with Gasteiger partial charge < -0.3 is 4.42 Å². The third-order valence-electron chi connectivity index (χ3n) is 10.2. The van der Waals surface area contributed by atoms with Gasteiger partial charge in [0.1, 0.15) is 11.2 Å². The van der Waals surface area contributed by atoms with Crippen LogP contribution in [0.1, 0.15) is 0 Å². The summed E-state index contributed by atoms with van der Waals surface area (Å²) in [6.45, 7) is 0. The number of rotatable bonds is 7. The van der Waals surface area contributed by atoms with Crippen molar-refractivity contribution in [2.45, 2.75) is 0 Å². The van der Waals surface area contributed by atoms with Crippen LogP contribution in [-0.2, 0) is 0 Å². The molecule has 4 heteroatoms.